The summed E-state index contributed by atoms with van der Waals surface area (Å²) in [6.07, 6.45) is 5.68. The fourth-order valence-corrected chi connectivity index (χ4v) is 1.22. The molecule has 2 aliphatic rings. The molecule has 1 aliphatic carbocycles. The van der Waals surface area contributed by atoms with E-state index >= 15 is 0 Å². The van der Waals surface area contributed by atoms with Crippen molar-refractivity contribution >= 4 is 0 Å². The Morgan fingerprint density at radius 1 is 1.55 bits per heavy atom. The van der Waals surface area contributed by atoms with E-state index in [1.807, 2.05) is 18.2 Å². The first-order valence-corrected chi connectivity index (χ1v) is 3.49. The van der Waals surface area contributed by atoms with Gasteiger partial charge in [0.15, 0.2) is 0 Å². The molecule has 0 bridgehead atoms. The summed E-state index contributed by atoms with van der Waals surface area (Å²) in [4.78, 5) is 0. The molecule has 1 fully saturated rings. The smallest absolute Gasteiger partial charge is 0.219 e. The van der Waals surface area contributed by atoms with Crippen molar-refractivity contribution in [1.29, 1.82) is 0 Å². The van der Waals surface area contributed by atoms with Crippen LogP contribution in [0, 0.1) is 0 Å². The molecule has 60 valence electrons. The molecule has 0 aromatic rings. The maximum Gasteiger partial charge on any atom is 0.219 e. The second-order valence-electron chi connectivity index (χ2n) is 2.57. The highest BCUT2D eigenvalue weighted by atomic mass is 16.8. The number of hydrogen-bond acceptors (Lipinski definition) is 3. The monoisotopic (exact) mass is 154 g/mol. The number of methoxy groups -OCH3 is 2. The summed E-state index contributed by atoms with van der Waals surface area (Å²) in [7, 11) is 3.27. The Morgan fingerprint density at radius 3 is 2.91 bits per heavy atom. The van der Waals surface area contributed by atoms with Crippen LogP contribution in [0.4, 0.5) is 0 Å². The number of allylic oxidation sites excluding steroid dienone is 1. The van der Waals surface area contributed by atoms with Gasteiger partial charge in [-0.2, -0.15) is 0 Å². The molecule has 0 aromatic carbocycles. The van der Waals surface area contributed by atoms with Crippen LogP contribution in [0.25, 0.3) is 0 Å². The predicted octanol–water partition coefficient (Wildman–Crippen LogP) is 0.828. The number of epoxide rings is 1. The lowest BCUT2D eigenvalue weighted by molar-refractivity contribution is 0.0297. The molecular weight excluding hydrogens is 144 g/mol. The molecule has 3 nitrogen and oxygen atoms in total. The molecule has 2 unspecified atom stereocenters. The quantitative estimate of drug-likeness (QED) is 0.552. The van der Waals surface area contributed by atoms with Gasteiger partial charge < -0.3 is 14.2 Å². The van der Waals surface area contributed by atoms with Crippen LogP contribution in [0.5, 0.6) is 0 Å². The maximum atomic E-state index is 5.28. The molecule has 0 radical (unpaired) electrons. The molecule has 11 heavy (non-hydrogen) atoms. The normalized spacial score (nSPS) is 39.5. The fourth-order valence-electron chi connectivity index (χ4n) is 1.22. The van der Waals surface area contributed by atoms with Gasteiger partial charge in [0.25, 0.3) is 0 Å². The Bertz CT molecular complexity index is 231. The second-order valence-corrected chi connectivity index (χ2v) is 2.57. The number of ether oxygens (including phenoxy) is 3. The van der Waals surface area contributed by atoms with E-state index in [1.54, 1.807) is 14.2 Å². The van der Waals surface area contributed by atoms with Crippen molar-refractivity contribution in [3.8, 4) is 0 Å². The lowest BCUT2D eigenvalue weighted by Crippen LogP contribution is -2.16. The van der Waals surface area contributed by atoms with Gasteiger partial charge in [-0.1, -0.05) is 0 Å². The van der Waals surface area contributed by atoms with Crippen LogP contribution in [-0.2, 0) is 14.2 Å². The third kappa shape index (κ3) is 0.886. The number of fused-ring (bicyclic) bond motifs is 1. The minimum absolute atomic E-state index is 0.0486. The highest BCUT2D eigenvalue weighted by Crippen LogP contribution is 2.42. The van der Waals surface area contributed by atoms with Gasteiger partial charge in [-0.15, -0.1) is 0 Å². The van der Waals surface area contributed by atoms with Gasteiger partial charge in [0.05, 0.1) is 7.11 Å². The van der Waals surface area contributed by atoms with Crippen LogP contribution in [0.3, 0.4) is 0 Å². The average molecular weight is 154 g/mol. The summed E-state index contributed by atoms with van der Waals surface area (Å²) in [6.45, 7) is 0. The summed E-state index contributed by atoms with van der Waals surface area (Å²) >= 11 is 0. The molecule has 0 amide bonds. The summed E-state index contributed by atoms with van der Waals surface area (Å²) in [5.74, 6) is 0.363. The van der Waals surface area contributed by atoms with Gasteiger partial charge in [-0.05, 0) is 18.2 Å². The Labute approximate surface area is 65.2 Å². The molecule has 0 N–H and O–H groups in total. The minimum atomic E-state index is -0.470. The molecule has 0 saturated carbocycles. The van der Waals surface area contributed by atoms with Crippen LogP contribution in [0.1, 0.15) is 0 Å². The molecule has 0 aromatic heterocycles. The van der Waals surface area contributed by atoms with Gasteiger partial charge in [-0.3, -0.25) is 0 Å². The predicted molar refractivity (Wildman–Crippen MR) is 38.8 cm³/mol. The van der Waals surface area contributed by atoms with Crippen molar-refractivity contribution in [2.75, 3.05) is 14.2 Å². The van der Waals surface area contributed by atoms with Crippen LogP contribution in [-0.4, -0.2) is 26.1 Å². The number of hydrogen-bond donors (Lipinski definition) is 0. The van der Waals surface area contributed by atoms with E-state index in [9.17, 15) is 0 Å². The van der Waals surface area contributed by atoms with Crippen LogP contribution < -0.4 is 0 Å². The molecule has 1 aliphatic heterocycles. The molecule has 2 rings (SSSR count). The summed E-state index contributed by atoms with van der Waals surface area (Å²) in [5.41, 5.74) is 0. The Kier molecular flexibility index (Phi) is 1.31. The van der Waals surface area contributed by atoms with Gasteiger partial charge in [0, 0.05) is 7.11 Å². The lowest BCUT2D eigenvalue weighted by atomic mass is 10.1. The van der Waals surface area contributed by atoms with E-state index < -0.39 is 5.79 Å². The zero-order valence-electron chi connectivity index (χ0n) is 6.53. The van der Waals surface area contributed by atoms with E-state index in [-0.39, 0.29) is 6.10 Å². The van der Waals surface area contributed by atoms with Crippen molar-refractivity contribution in [3.05, 3.63) is 24.0 Å². The van der Waals surface area contributed by atoms with E-state index in [1.165, 1.54) is 0 Å². The first-order valence-electron chi connectivity index (χ1n) is 3.49. The van der Waals surface area contributed by atoms with Crippen LogP contribution >= 0.6 is 0 Å². The summed E-state index contributed by atoms with van der Waals surface area (Å²) in [5, 5.41) is 0. The molecule has 0 spiro atoms. The zero-order chi connectivity index (χ0) is 7.90. The van der Waals surface area contributed by atoms with E-state index in [4.69, 9.17) is 14.2 Å². The Morgan fingerprint density at radius 2 is 2.36 bits per heavy atom. The largest absolute Gasteiger partial charge is 0.497 e. The van der Waals surface area contributed by atoms with Crippen molar-refractivity contribution in [2.45, 2.75) is 11.9 Å². The third-order valence-electron chi connectivity index (χ3n) is 2.00. The summed E-state index contributed by atoms with van der Waals surface area (Å²) in [6, 6.07) is 0. The average Bonchev–Trinajstić information content (AvgIpc) is 2.77. The fraction of sp³-hybridized carbons (Fsp3) is 0.500. The second kappa shape index (κ2) is 2.09. The standard InChI is InChI=1S/C8H10O3/c1-9-6-3-4-8(10-2)7(5-6)11-8/h3-5,7H,1-2H3. The first-order chi connectivity index (χ1) is 5.30. The number of rotatable bonds is 2. The molecule has 2 atom stereocenters. The van der Waals surface area contributed by atoms with E-state index in [0.717, 1.165) is 5.76 Å². The van der Waals surface area contributed by atoms with Crippen molar-refractivity contribution in [3.63, 3.8) is 0 Å². The van der Waals surface area contributed by atoms with Crippen molar-refractivity contribution in [1.82, 2.24) is 0 Å². The van der Waals surface area contributed by atoms with E-state index in [0.29, 0.717) is 0 Å². The molecular formula is C8H10O3. The van der Waals surface area contributed by atoms with Crippen LogP contribution in [0.15, 0.2) is 24.0 Å². The van der Waals surface area contributed by atoms with Gasteiger partial charge >= 0.3 is 0 Å². The molecule has 1 saturated heterocycles. The highest BCUT2D eigenvalue weighted by molar-refractivity contribution is 5.31. The Hall–Kier alpha value is -0.800. The van der Waals surface area contributed by atoms with Gasteiger partial charge in [-0.25, -0.2) is 0 Å². The summed E-state index contributed by atoms with van der Waals surface area (Å²) < 4.78 is 15.4. The van der Waals surface area contributed by atoms with Crippen molar-refractivity contribution < 1.29 is 14.2 Å². The first kappa shape index (κ1) is 6.88. The Balaban J connectivity index is 2.15. The minimum Gasteiger partial charge on any atom is -0.497 e. The van der Waals surface area contributed by atoms with Gasteiger partial charge in [0.2, 0.25) is 5.79 Å². The topological polar surface area (TPSA) is 31.0 Å². The van der Waals surface area contributed by atoms with E-state index in [2.05, 4.69) is 0 Å². The highest BCUT2D eigenvalue weighted by Gasteiger charge is 2.56. The van der Waals surface area contributed by atoms with Crippen molar-refractivity contribution in [2.24, 2.45) is 0 Å². The lowest BCUT2D eigenvalue weighted by Gasteiger charge is -2.08. The molecule has 1 heterocycles. The maximum absolute atomic E-state index is 5.28. The zero-order valence-corrected chi connectivity index (χ0v) is 6.53. The SMILES string of the molecule is COC1=CC2OC2(OC)C=C1. The van der Waals surface area contributed by atoms with Gasteiger partial charge in [0.1, 0.15) is 11.9 Å². The third-order valence-corrected chi connectivity index (χ3v) is 2.00. The molecule has 3 heteroatoms. The van der Waals surface area contributed by atoms with Crippen LogP contribution in [0.2, 0.25) is 0 Å².